The molecule has 0 radical (unpaired) electrons. The van der Waals surface area contributed by atoms with Crippen LogP contribution in [0.4, 0.5) is 0 Å². The van der Waals surface area contributed by atoms with Gasteiger partial charge in [0.2, 0.25) is 0 Å². The van der Waals surface area contributed by atoms with Crippen molar-refractivity contribution in [2.75, 3.05) is 7.11 Å². The zero-order valence-electron chi connectivity index (χ0n) is 11.6. The molecule has 1 N–H and O–H groups in total. The van der Waals surface area contributed by atoms with Crippen LogP contribution in [0.3, 0.4) is 0 Å². The summed E-state index contributed by atoms with van der Waals surface area (Å²) in [5.74, 6) is -0.428. The van der Waals surface area contributed by atoms with Crippen molar-refractivity contribution in [1.82, 2.24) is 15.1 Å². The molecular weight excluding hydrogens is 313 g/mol. The average Bonchev–Trinajstić information content (AvgIpc) is 2.88. The predicted octanol–water partition coefficient (Wildman–Crippen LogP) is 2.73. The molecule has 2 aromatic rings. The maximum absolute atomic E-state index is 12.0. The largest absolute Gasteiger partial charge is 0.468 e. The Labute approximate surface area is 132 Å². The van der Waals surface area contributed by atoms with Crippen molar-refractivity contribution in [3.63, 3.8) is 0 Å². The number of nitrogens with one attached hydrogen (secondary N) is 1. The van der Waals surface area contributed by atoms with Gasteiger partial charge in [0.1, 0.15) is 6.04 Å². The maximum atomic E-state index is 12.0. The third kappa shape index (κ3) is 3.75. The maximum Gasteiger partial charge on any atom is 0.327 e. The minimum Gasteiger partial charge on any atom is -0.468 e. The minimum absolute atomic E-state index is 0.341. The van der Waals surface area contributed by atoms with Gasteiger partial charge in [-0.1, -0.05) is 35.3 Å². The number of aromatic nitrogens is 2. The fourth-order valence-corrected chi connectivity index (χ4v) is 2.38. The van der Waals surface area contributed by atoms with Gasteiger partial charge in [-0.3, -0.25) is 10.00 Å². The van der Waals surface area contributed by atoms with E-state index in [1.54, 1.807) is 29.1 Å². The first kappa shape index (κ1) is 15.8. The van der Waals surface area contributed by atoms with E-state index >= 15 is 0 Å². The number of esters is 1. The van der Waals surface area contributed by atoms with Gasteiger partial charge in [-0.2, -0.15) is 5.10 Å². The number of hydrogen-bond donors (Lipinski definition) is 1. The van der Waals surface area contributed by atoms with Gasteiger partial charge in [-0.15, -0.1) is 0 Å². The Morgan fingerprint density at radius 1 is 1.48 bits per heavy atom. The van der Waals surface area contributed by atoms with Gasteiger partial charge in [0.15, 0.2) is 0 Å². The van der Waals surface area contributed by atoms with E-state index in [0.717, 1.165) is 5.56 Å². The molecule has 1 aromatic heterocycles. The number of rotatable bonds is 5. The topological polar surface area (TPSA) is 56.1 Å². The summed E-state index contributed by atoms with van der Waals surface area (Å²) in [7, 11) is 3.16. The molecule has 7 heteroatoms. The highest BCUT2D eigenvalue weighted by Gasteiger charge is 2.24. The second-order valence-corrected chi connectivity index (χ2v) is 5.29. The van der Waals surface area contributed by atoms with Gasteiger partial charge in [0.25, 0.3) is 0 Å². The van der Waals surface area contributed by atoms with E-state index in [1.165, 1.54) is 7.11 Å². The number of carbonyl (C=O) groups is 1. The van der Waals surface area contributed by atoms with E-state index in [-0.39, 0.29) is 0 Å². The number of nitrogens with zero attached hydrogens (tertiary/aromatic N) is 2. The summed E-state index contributed by atoms with van der Waals surface area (Å²) in [6.45, 7) is 0.455. The Balaban J connectivity index is 2.22. The predicted molar refractivity (Wildman–Crippen MR) is 81.3 cm³/mol. The molecule has 0 aliphatic heterocycles. The SMILES string of the molecule is COC(=O)[C@@H](NCc1cnn(C)c1)c1cccc(Cl)c1Cl. The van der Waals surface area contributed by atoms with Crippen LogP contribution < -0.4 is 5.32 Å². The van der Waals surface area contributed by atoms with Gasteiger partial charge >= 0.3 is 5.97 Å². The molecule has 0 spiro atoms. The van der Waals surface area contributed by atoms with Gasteiger partial charge < -0.3 is 4.74 Å². The fraction of sp³-hybridized carbons (Fsp3) is 0.286. The van der Waals surface area contributed by atoms with Crippen LogP contribution in [0.15, 0.2) is 30.6 Å². The van der Waals surface area contributed by atoms with Crippen LogP contribution in [-0.4, -0.2) is 22.9 Å². The van der Waals surface area contributed by atoms with Crippen molar-refractivity contribution in [3.8, 4) is 0 Å². The molecule has 2 rings (SSSR count). The van der Waals surface area contributed by atoms with Crippen LogP contribution in [-0.2, 0) is 23.1 Å². The van der Waals surface area contributed by atoms with E-state index in [0.29, 0.717) is 22.2 Å². The van der Waals surface area contributed by atoms with Gasteiger partial charge in [-0.05, 0) is 6.07 Å². The van der Waals surface area contributed by atoms with Crippen LogP contribution in [0, 0.1) is 0 Å². The van der Waals surface area contributed by atoms with Gasteiger partial charge in [0.05, 0.1) is 23.4 Å². The smallest absolute Gasteiger partial charge is 0.327 e. The third-order valence-electron chi connectivity index (χ3n) is 3.00. The number of hydrogen-bond acceptors (Lipinski definition) is 4. The number of ether oxygens (including phenoxy) is 1. The first-order chi connectivity index (χ1) is 10.0. The summed E-state index contributed by atoms with van der Waals surface area (Å²) < 4.78 is 6.52. The first-order valence-electron chi connectivity index (χ1n) is 6.25. The Bertz CT molecular complexity index is 643. The summed E-state index contributed by atoms with van der Waals surface area (Å²) in [6.07, 6.45) is 3.59. The van der Waals surface area contributed by atoms with E-state index in [2.05, 4.69) is 10.4 Å². The van der Waals surface area contributed by atoms with E-state index in [4.69, 9.17) is 27.9 Å². The number of carbonyl (C=O) groups excluding carboxylic acids is 1. The lowest BCUT2D eigenvalue weighted by atomic mass is 10.1. The number of methoxy groups -OCH3 is 1. The van der Waals surface area contributed by atoms with E-state index in [9.17, 15) is 4.79 Å². The van der Waals surface area contributed by atoms with Crippen LogP contribution in [0.25, 0.3) is 0 Å². The standard InChI is InChI=1S/C14H15Cl2N3O2/c1-19-8-9(7-18-19)6-17-13(14(20)21-2)10-4-3-5-11(15)12(10)16/h3-5,7-8,13,17H,6H2,1-2H3/t13-/m0/s1. The summed E-state index contributed by atoms with van der Waals surface area (Å²) in [4.78, 5) is 12.0. The van der Waals surface area contributed by atoms with Crippen molar-refractivity contribution in [2.45, 2.75) is 12.6 Å². The molecule has 21 heavy (non-hydrogen) atoms. The Hall–Kier alpha value is -1.56. The highest BCUT2D eigenvalue weighted by atomic mass is 35.5. The van der Waals surface area contributed by atoms with Crippen LogP contribution >= 0.6 is 23.2 Å². The van der Waals surface area contributed by atoms with Crippen LogP contribution in [0.2, 0.25) is 10.0 Å². The molecule has 112 valence electrons. The Morgan fingerprint density at radius 3 is 2.86 bits per heavy atom. The average molecular weight is 328 g/mol. The lowest BCUT2D eigenvalue weighted by Gasteiger charge is -2.18. The molecule has 0 aliphatic carbocycles. The Morgan fingerprint density at radius 2 is 2.24 bits per heavy atom. The van der Waals surface area contributed by atoms with Gasteiger partial charge in [-0.25, -0.2) is 4.79 Å². The first-order valence-corrected chi connectivity index (χ1v) is 7.01. The zero-order chi connectivity index (χ0) is 15.4. The van der Waals surface area contributed by atoms with Crippen molar-refractivity contribution in [3.05, 3.63) is 51.8 Å². The monoisotopic (exact) mass is 327 g/mol. The molecule has 0 unspecified atom stereocenters. The summed E-state index contributed by atoms with van der Waals surface area (Å²) in [5, 5.41) is 7.93. The number of benzene rings is 1. The highest BCUT2D eigenvalue weighted by molar-refractivity contribution is 6.42. The molecule has 0 aliphatic rings. The lowest BCUT2D eigenvalue weighted by molar-refractivity contribution is -0.143. The molecule has 0 saturated heterocycles. The summed E-state index contributed by atoms with van der Waals surface area (Å²) in [6, 6.07) is 4.46. The lowest BCUT2D eigenvalue weighted by Crippen LogP contribution is -2.29. The number of aryl methyl sites for hydroxylation is 1. The highest BCUT2D eigenvalue weighted by Crippen LogP contribution is 2.30. The van der Waals surface area contributed by atoms with Crippen molar-refractivity contribution in [1.29, 1.82) is 0 Å². The summed E-state index contributed by atoms with van der Waals surface area (Å²) in [5.41, 5.74) is 1.53. The number of halogens is 2. The molecule has 0 bridgehead atoms. The summed E-state index contributed by atoms with van der Waals surface area (Å²) >= 11 is 12.2. The molecule has 1 aromatic carbocycles. The molecule has 0 saturated carbocycles. The van der Waals surface area contributed by atoms with Crippen molar-refractivity contribution >= 4 is 29.2 Å². The van der Waals surface area contributed by atoms with Crippen molar-refractivity contribution < 1.29 is 9.53 Å². The molecule has 1 atom stereocenters. The minimum atomic E-state index is -0.693. The molecule has 1 heterocycles. The normalized spacial score (nSPS) is 12.2. The van der Waals surface area contributed by atoms with E-state index < -0.39 is 12.0 Å². The zero-order valence-corrected chi connectivity index (χ0v) is 13.1. The van der Waals surface area contributed by atoms with E-state index in [1.807, 2.05) is 13.2 Å². The fourth-order valence-electron chi connectivity index (χ4n) is 1.96. The second-order valence-electron chi connectivity index (χ2n) is 4.50. The van der Waals surface area contributed by atoms with Gasteiger partial charge in [0, 0.05) is 30.9 Å². The van der Waals surface area contributed by atoms with Crippen LogP contribution in [0.1, 0.15) is 17.2 Å². The molecular formula is C14H15Cl2N3O2. The van der Waals surface area contributed by atoms with Crippen molar-refractivity contribution in [2.24, 2.45) is 7.05 Å². The molecule has 0 amide bonds. The third-order valence-corrected chi connectivity index (χ3v) is 3.83. The van der Waals surface area contributed by atoms with Crippen LogP contribution in [0.5, 0.6) is 0 Å². The molecule has 0 fully saturated rings. The second kappa shape index (κ2) is 6.93. The Kier molecular flexibility index (Phi) is 5.22. The molecule has 5 nitrogen and oxygen atoms in total. The quantitative estimate of drug-likeness (QED) is 0.858.